The van der Waals surface area contributed by atoms with E-state index < -0.39 is 0 Å². The van der Waals surface area contributed by atoms with Crippen LogP contribution in [0.2, 0.25) is 0 Å². The van der Waals surface area contributed by atoms with Crippen LogP contribution in [0.3, 0.4) is 0 Å². The Morgan fingerprint density at radius 3 is 2.67 bits per heavy atom. The van der Waals surface area contributed by atoms with Crippen LogP contribution in [-0.4, -0.2) is 69.4 Å². The summed E-state index contributed by atoms with van der Waals surface area (Å²) in [4.78, 5) is 11.3. The summed E-state index contributed by atoms with van der Waals surface area (Å²) in [6, 6.07) is 0. The first kappa shape index (κ1) is 10.6. The Bertz CT molecular complexity index is 448. The molecular weight excluding hydrogens is 452 g/mol. The summed E-state index contributed by atoms with van der Waals surface area (Å²) < 4.78 is 7.27. The van der Waals surface area contributed by atoms with E-state index >= 15 is 0 Å². The molecule has 1 aromatic heterocycles. The Morgan fingerprint density at radius 2 is 1.93 bits per heavy atom. The molecule has 0 amide bonds. The van der Waals surface area contributed by atoms with Gasteiger partial charge in [-0.3, -0.25) is 0 Å². The summed E-state index contributed by atoms with van der Waals surface area (Å²) >= 11 is 2.59. The van der Waals surface area contributed by atoms with Gasteiger partial charge in [0.25, 0.3) is 0 Å². The van der Waals surface area contributed by atoms with E-state index in [4.69, 9.17) is 0 Å². The van der Waals surface area contributed by atoms with Crippen molar-refractivity contribution in [3.05, 3.63) is 40.4 Å². The first-order valence-corrected chi connectivity index (χ1v) is 11.4. The van der Waals surface area contributed by atoms with E-state index in [1.54, 1.807) is 6.74 Å². The molecule has 3 heterocycles. The molecule has 0 N–H and O–H groups in total. The van der Waals surface area contributed by atoms with Gasteiger partial charge in [-0.05, 0) is 0 Å². The van der Waals surface area contributed by atoms with Gasteiger partial charge in [-0.25, -0.2) is 0 Å². The Kier molecular flexibility index (Phi) is 3.40. The summed E-state index contributed by atoms with van der Waals surface area (Å²) in [6.45, 7) is 0. The maximum absolute atomic E-state index is 4.11. The van der Waals surface area contributed by atoms with E-state index in [-0.39, 0.29) is 0 Å². The third kappa shape index (κ3) is 2.29. The first-order valence-electron chi connectivity index (χ1n) is 4.19. The third-order valence-corrected chi connectivity index (χ3v) is 16.5. The summed E-state index contributed by atoms with van der Waals surface area (Å²) in [5, 5.41) is 0. The standard InChI is InChI=1S/C9H6N2Se4/c1-2-11(6-10-1)7-5-14-9(15-7)8-12-3-4-13-8/h1-6H. The molecular formula is C9H6N2Se4. The minimum absolute atomic E-state index is 0.575. The van der Waals surface area contributed by atoms with Gasteiger partial charge in [0.05, 0.1) is 0 Å². The predicted octanol–water partition coefficient (Wildman–Crippen LogP) is 0.0808. The van der Waals surface area contributed by atoms with Crippen molar-refractivity contribution in [3.8, 4) is 0 Å². The van der Waals surface area contributed by atoms with Crippen LogP contribution < -0.4 is 0 Å². The van der Waals surface area contributed by atoms with E-state index in [1.807, 2.05) is 12.5 Å². The Balaban J connectivity index is 1.80. The van der Waals surface area contributed by atoms with Crippen LogP contribution in [0.25, 0.3) is 4.60 Å². The molecule has 2 aliphatic heterocycles. The van der Waals surface area contributed by atoms with Gasteiger partial charge in [-0.15, -0.1) is 0 Å². The van der Waals surface area contributed by atoms with Crippen LogP contribution in [0.15, 0.2) is 40.4 Å². The number of aromatic nitrogens is 2. The van der Waals surface area contributed by atoms with Crippen molar-refractivity contribution in [3.63, 3.8) is 0 Å². The van der Waals surface area contributed by atoms with E-state index in [9.17, 15) is 0 Å². The maximum atomic E-state index is 4.11. The molecule has 0 fully saturated rings. The molecule has 0 radical (unpaired) electrons. The molecule has 1 aromatic rings. The molecule has 2 nitrogen and oxygen atoms in total. The summed E-state index contributed by atoms with van der Waals surface area (Å²) in [5.41, 5.74) is 0. The molecule has 0 spiro atoms. The first-order chi connectivity index (χ1) is 7.43. The van der Waals surface area contributed by atoms with Crippen molar-refractivity contribution in [2.24, 2.45) is 0 Å². The molecule has 0 aliphatic carbocycles. The normalized spacial score (nSPS) is 20.1. The van der Waals surface area contributed by atoms with E-state index in [0.29, 0.717) is 59.8 Å². The summed E-state index contributed by atoms with van der Waals surface area (Å²) in [7, 11) is 0. The number of imidazole rings is 1. The van der Waals surface area contributed by atoms with Crippen LogP contribution in [0.5, 0.6) is 0 Å². The average Bonchev–Trinajstić information content (AvgIpc) is 3.02. The average molecular weight is 458 g/mol. The molecule has 0 unspecified atom stereocenters. The van der Waals surface area contributed by atoms with Crippen molar-refractivity contribution in [2.75, 3.05) is 0 Å². The number of nitrogens with zero attached hydrogens (tertiary/aromatic N) is 2. The van der Waals surface area contributed by atoms with E-state index in [0.717, 1.165) is 0 Å². The van der Waals surface area contributed by atoms with Gasteiger partial charge in [0.1, 0.15) is 0 Å². The second kappa shape index (κ2) is 4.79. The molecule has 76 valence electrons. The zero-order valence-electron chi connectivity index (χ0n) is 7.49. The number of hydrogen-bond donors (Lipinski definition) is 0. The van der Waals surface area contributed by atoms with Crippen LogP contribution in [0.1, 0.15) is 0 Å². The second-order valence-electron chi connectivity index (χ2n) is 2.73. The molecule has 6 heteroatoms. The number of rotatable bonds is 1. The fourth-order valence-corrected chi connectivity index (χ4v) is 14.6. The fraction of sp³-hybridized carbons (Fsp3) is 0. The molecule has 3 rings (SSSR count). The molecule has 0 bridgehead atoms. The van der Waals surface area contributed by atoms with E-state index in [1.165, 1.54) is 4.60 Å². The van der Waals surface area contributed by atoms with Gasteiger partial charge in [-0.1, -0.05) is 0 Å². The van der Waals surface area contributed by atoms with E-state index in [2.05, 4.69) is 30.7 Å². The van der Waals surface area contributed by atoms with Gasteiger partial charge in [0, 0.05) is 0 Å². The summed E-state index contributed by atoms with van der Waals surface area (Å²) in [5.74, 6) is 0. The molecule has 0 saturated heterocycles. The van der Waals surface area contributed by atoms with Crippen LogP contribution in [-0.2, 0) is 0 Å². The summed E-state index contributed by atoms with van der Waals surface area (Å²) in [6.07, 6.45) is 5.83. The monoisotopic (exact) mass is 462 g/mol. The van der Waals surface area contributed by atoms with Crippen molar-refractivity contribution in [1.29, 1.82) is 0 Å². The van der Waals surface area contributed by atoms with Crippen molar-refractivity contribution >= 4 is 64.4 Å². The quantitative estimate of drug-likeness (QED) is 0.546. The fourth-order valence-electron chi connectivity index (χ4n) is 1.14. The van der Waals surface area contributed by atoms with Gasteiger partial charge in [0.2, 0.25) is 0 Å². The Labute approximate surface area is 113 Å². The van der Waals surface area contributed by atoms with Crippen molar-refractivity contribution < 1.29 is 0 Å². The third-order valence-electron chi connectivity index (χ3n) is 1.80. The van der Waals surface area contributed by atoms with Gasteiger partial charge in [-0.2, -0.15) is 0 Å². The van der Waals surface area contributed by atoms with Gasteiger partial charge < -0.3 is 0 Å². The molecule has 15 heavy (non-hydrogen) atoms. The van der Waals surface area contributed by atoms with Gasteiger partial charge >= 0.3 is 114 Å². The van der Waals surface area contributed by atoms with Crippen LogP contribution in [0.4, 0.5) is 0 Å². The van der Waals surface area contributed by atoms with Crippen LogP contribution in [0, 0.1) is 0 Å². The Hall–Kier alpha value is 0.508. The topological polar surface area (TPSA) is 17.8 Å². The second-order valence-corrected chi connectivity index (χ2v) is 13.2. The van der Waals surface area contributed by atoms with Gasteiger partial charge in [0.15, 0.2) is 0 Å². The molecule has 0 saturated carbocycles. The zero-order valence-corrected chi connectivity index (χ0v) is 14.3. The van der Waals surface area contributed by atoms with Crippen LogP contribution >= 0.6 is 0 Å². The number of hydrogen-bond acceptors (Lipinski definition) is 1. The van der Waals surface area contributed by atoms with Crippen molar-refractivity contribution in [1.82, 2.24) is 9.55 Å². The minimum atomic E-state index is 0.575. The SMILES string of the molecule is C1=C[Se]C(=C2[Se]C=C(n3ccnc3)[Se]2)[Se]1. The molecule has 2 aliphatic rings. The molecule has 0 aromatic carbocycles. The zero-order chi connectivity index (χ0) is 10.1. The predicted molar refractivity (Wildman–Crippen MR) is 65.7 cm³/mol. The Morgan fingerprint density at radius 1 is 1.07 bits per heavy atom. The molecule has 0 atom stereocenters. The van der Waals surface area contributed by atoms with Crippen molar-refractivity contribution in [2.45, 2.75) is 0 Å².